The Hall–Kier alpha value is -0.280. The first-order valence-electron chi connectivity index (χ1n) is 6.55. The van der Waals surface area contributed by atoms with E-state index in [1.54, 1.807) is 0 Å². The van der Waals surface area contributed by atoms with Crippen molar-refractivity contribution < 1.29 is 9.53 Å². The van der Waals surface area contributed by atoms with Crippen molar-refractivity contribution in [2.75, 3.05) is 19.7 Å². The summed E-state index contributed by atoms with van der Waals surface area (Å²) < 4.78 is 5.18. The van der Waals surface area contributed by atoms with Crippen LogP contribution in [-0.4, -0.2) is 36.6 Å². The predicted octanol–water partition coefficient (Wildman–Crippen LogP) is 2.87. The van der Waals surface area contributed by atoms with Crippen LogP contribution in [0.15, 0.2) is 0 Å². The molecule has 1 atom stereocenters. The van der Waals surface area contributed by atoms with Crippen LogP contribution in [0.2, 0.25) is 0 Å². The Labute approximate surface area is 111 Å². The fourth-order valence-electron chi connectivity index (χ4n) is 2.31. The number of rotatable bonds is 5. The van der Waals surface area contributed by atoms with Gasteiger partial charge in [-0.3, -0.25) is 9.69 Å². The minimum atomic E-state index is -0.0295. The van der Waals surface area contributed by atoms with Gasteiger partial charge in [0, 0.05) is 0 Å². The second-order valence-corrected chi connectivity index (χ2v) is 4.99. The van der Waals surface area contributed by atoms with Crippen molar-refractivity contribution in [3.8, 4) is 0 Å². The van der Waals surface area contributed by atoms with Crippen LogP contribution in [0.5, 0.6) is 0 Å². The Kier molecular flexibility index (Phi) is 8.61. The lowest BCUT2D eigenvalue weighted by Crippen LogP contribution is -2.45. The van der Waals surface area contributed by atoms with E-state index in [9.17, 15) is 4.79 Å². The van der Waals surface area contributed by atoms with Crippen molar-refractivity contribution in [3.63, 3.8) is 0 Å². The molecule has 4 heteroatoms. The van der Waals surface area contributed by atoms with Crippen LogP contribution in [0.4, 0.5) is 0 Å². The molecule has 0 radical (unpaired) electrons. The van der Waals surface area contributed by atoms with Gasteiger partial charge >= 0.3 is 5.97 Å². The number of carbonyl (C=O) groups is 1. The topological polar surface area (TPSA) is 29.5 Å². The van der Waals surface area contributed by atoms with Crippen molar-refractivity contribution >= 4 is 18.4 Å². The molecule has 1 aliphatic heterocycles. The van der Waals surface area contributed by atoms with E-state index in [1.165, 1.54) is 19.3 Å². The molecule has 0 amide bonds. The lowest BCUT2D eigenvalue weighted by atomic mass is 10.00. The molecule has 1 heterocycles. The summed E-state index contributed by atoms with van der Waals surface area (Å²) >= 11 is 0. The summed E-state index contributed by atoms with van der Waals surface area (Å²) in [6.45, 7) is 8.79. The first kappa shape index (κ1) is 16.7. The number of ether oxygens (including phenoxy) is 1. The van der Waals surface area contributed by atoms with Crippen molar-refractivity contribution in [3.05, 3.63) is 0 Å². The molecule has 1 saturated heterocycles. The van der Waals surface area contributed by atoms with E-state index in [4.69, 9.17) is 4.74 Å². The van der Waals surface area contributed by atoms with Gasteiger partial charge in [-0.1, -0.05) is 20.3 Å². The zero-order valence-corrected chi connectivity index (χ0v) is 12.1. The van der Waals surface area contributed by atoms with E-state index in [-0.39, 0.29) is 24.4 Å². The van der Waals surface area contributed by atoms with Crippen LogP contribution in [0.1, 0.15) is 46.5 Å². The third-order valence-electron chi connectivity index (χ3n) is 3.08. The van der Waals surface area contributed by atoms with Gasteiger partial charge in [-0.2, -0.15) is 0 Å². The van der Waals surface area contributed by atoms with Gasteiger partial charge in [0.15, 0.2) is 0 Å². The molecule has 0 N–H and O–H groups in total. The van der Waals surface area contributed by atoms with Gasteiger partial charge in [-0.15, -0.1) is 12.4 Å². The van der Waals surface area contributed by atoms with Gasteiger partial charge in [-0.25, -0.2) is 0 Å². The maximum Gasteiger partial charge on any atom is 0.323 e. The van der Waals surface area contributed by atoms with Crippen molar-refractivity contribution in [2.24, 2.45) is 5.92 Å². The van der Waals surface area contributed by atoms with E-state index < -0.39 is 0 Å². The standard InChI is InChI=1S/C13H25NO2.ClH/c1-4-16-13(15)12(10-11(2)3)14-8-6-5-7-9-14;/h11-12H,4-10H2,1-3H3;1H. The zero-order valence-electron chi connectivity index (χ0n) is 11.3. The maximum absolute atomic E-state index is 11.9. The highest BCUT2D eigenvalue weighted by Crippen LogP contribution is 2.18. The van der Waals surface area contributed by atoms with Gasteiger partial charge in [-0.05, 0) is 45.2 Å². The highest BCUT2D eigenvalue weighted by Gasteiger charge is 2.28. The molecule has 0 aromatic carbocycles. The Balaban J connectivity index is 0.00000256. The molecule has 0 bridgehead atoms. The zero-order chi connectivity index (χ0) is 12.0. The molecule has 0 saturated carbocycles. The lowest BCUT2D eigenvalue weighted by molar-refractivity contribution is -0.150. The summed E-state index contributed by atoms with van der Waals surface area (Å²) in [7, 11) is 0. The quantitative estimate of drug-likeness (QED) is 0.715. The Morgan fingerprint density at radius 3 is 2.29 bits per heavy atom. The highest BCUT2D eigenvalue weighted by atomic mass is 35.5. The van der Waals surface area contributed by atoms with Gasteiger partial charge in [0.05, 0.1) is 6.61 Å². The van der Waals surface area contributed by atoms with E-state index in [0.717, 1.165) is 19.5 Å². The first-order valence-corrected chi connectivity index (χ1v) is 6.55. The molecule has 0 aromatic heterocycles. The predicted molar refractivity (Wildman–Crippen MR) is 72.5 cm³/mol. The number of likely N-dealkylation sites (tertiary alicyclic amines) is 1. The van der Waals surface area contributed by atoms with Crippen LogP contribution in [0, 0.1) is 5.92 Å². The van der Waals surface area contributed by atoms with Crippen LogP contribution < -0.4 is 0 Å². The summed E-state index contributed by atoms with van der Waals surface area (Å²) in [6, 6.07) is -0.0137. The third kappa shape index (κ3) is 5.73. The molecule has 102 valence electrons. The summed E-state index contributed by atoms with van der Waals surface area (Å²) in [4.78, 5) is 14.2. The molecule has 1 rings (SSSR count). The number of carbonyl (C=O) groups excluding carboxylic acids is 1. The molecule has 3 nitrogen and oxygen atoms in total. The fourth-order valence-corrected chi connectivity index (χ4v) is 2.31. The first-order chi connectivity index (χ1) is 7.65. The lowest BCUT2D eigenvalue weighted by Gasteiger charge is -2.33. The normalized spacial score (nSPS) is 18.6. The van der Waals surface area contributed by atoms with E-state index in [1.807, 2.05) is 6.92 Å². The minimum absolute atomic E-state index is 0. The molecule has 1 fully saturated rings. The minimum Gasteiger partial charge on any atom is -0.465 e. The second-order valence-electron chi connectivity index (χ2n) is 4.99. The molecule has 0 aliphatic carbocycles. The molecular weight excluding hydrogens is 238 g/mol. The number of piperidine rings is 1. The number of hydrogen-bond donors (Lipinski definition) is 0. The Morgan fingerprint density at radius 1 is 1.24 bits per heavy atom. The molecule has 17 heavy (non-hydrogen) atoms. The second kappa shape index (κ2) is 8.76. The Morgan fingerprint density at radius 2 is 1.82 bits per heavy atom. The summed E-state index contributed by atoms with van der Waals surface area (Å²) in [5, 5.41) is 0. The maximum atomic E-state index is 11.9. The summed E-state index contributed by atoms with van der Waals surface area (Å²) in [5.41, 5.74) is 0. The summed E-state index contributed by atoms with van der Waals surface area (Å²) in [5.74, 6) is 0.509. The van der Waals surface area contributed by atoms with Crippen LogP contribution >= 0.6 is 12.4 Å². The van der Waals surface area contributed by atoms with Gasteiger partial charge in [0.2, 0.25) is 0 Å². The van der Waals surface area contributed by atoms with Crippen LogP contribution in [-0.2, 0) is 9.53 Å². The monoisotopic (exact) mass is 263 g/mol. The molecule has 1 aliphatic rings. The molecular formula is C13H26ClNO2. The smallest absolute Gasteiger partial charge is 0.323 e. The van der Waals surface area contributed by atoms with Crippen molar-refractivity contribution in [1.82, 2.24) is 4.90 Å². The summed E-state index contributed by atoms with van der Waals surface area (Å²) in [6.07, 6.45) is 4.65. The fraction of sp³-hybridized carbons (Fsp3) is 0.923. The molecule has 1 unspecified atom stereocenters. The molecule has 0 spiro atoms. The van der Waals surface area contributed by atoms with Crippen molar-refractivity contribution in [2.45, 2.75) is 52.5 Å². The highest BCUT2D eigenvalue weighted by molar-refractivity contribution is 5.85. The van der Waals surface area contributed by atoms with E-state index in [2.05, 4.69) is 18.7 Å². The molecule has 0 aromatic rings. The van der Waals surface area contributed by atoms with Crippen LogP contribution in [0.3, 0.4) is 0 Å². The van der Waals surface area contributed by atoms with Crippen molar-refractivity contribution in [1.29, 1.82) is 0 Å². The number of halogens is 1. The van der Waals surface area contributed by atoms with E-state index in [0.29, 0.717) is 12.5 Å². The SMILES string of the molecule is CCOC(=O)C(CC(C)C)N1CCCCC1.Cl. The van der Waals surface area contributed by atoms with Gasteiger partial charge in [0.1, 0.15) is 6.04 Å². The van der Waals surface area contributed by atoms with Gasteiger partial charge in [0.25, 0.3) is 0 Å². The average molecular weight is 264 g/mol. The Bertz CT molecular complexity index is 215. The van der Waals surface area contributed by atoms with E-state index >= 15 is 0 Å². The van der Waals surface area contributed by atoms with Gasteiger partial charge < -0.3 is 4.74 Å². The average Bonchev–Trinajstić information content (AvgIpc) is 2.27. The van der Waals surface area contributed by atoms with Crippen LogP contribution in [0.25, 0.3) is 0 Å². The third-order valence-corrected chi connectivity index (χ3v) is 3.08. The largest absolute Gasteiger partial charge is 0.465 e. The number of nitrogens with zero attached hydrogens (tertiary/aromatic N) is 1. The number of hydrogen-bond acceptors (Lipinski definition) is 3. The number of esters is 1.